The van der Waals surface area contributed by atoms with Gasteiger partial charge in [0, 0.05) is 30.2 Å². The Kier molecular flexibility index (Phi) is 5.04. The van der Waals surface area contributed by atoms with Crippen LogP contribution in [0, 0.1) is 0 Å². The summed E-state index contributed by atoms with van der Waals surface area (Å²) in [7, 11) is -1.32. The minimum Gasteiger partial charge on any atom is -0.345 e. The van der Waals surface area contributed by atoms with Gasteiger partial charge in [-0.3, -0.25) is 14.4 Å². The first kappa shape index (κ1) is 18.6. The first-order valence-electron chi connectivity index (χ1n) is 9.11. The van der Waals surface area contributed by atoms with Crippen LogP contribution in [0.25, 0.3) is 10.6 Å². The lowest BCUT2D eigenvalue weighted by molar-refractivity contribution is 0.0896. The molecule has 10 heteroatoms. The van der Waals surface area contributed by atoms with Gasteiger partial charge in [-0.15, -0.1) is 11.3 Å². The molecule has 0 bridgehead atoms. The van der Waals surface area contributed by atoms with E-state index >= 15 is 0 Å². The van der Waals surface area contributed by atoms with E-state index in [9.17, 15) is 13.2 Å². The van der Waals surface area contributed by atoms with Crippen LogP contribution in [0.5, 0.6) is 0 Å². The molecule has 4 heterocycles. The summed E-state index contributed by atoms with van der Waals surface area (Å²) in [6.45, 7) is 1.79. The molecule has 2 unspecified atom stereocenters. The van der Waals surface area contributed by atoms with Crippen LogP contribution in [-0.4, -0.2) is 70.7 Å². The second kappa shape index (κ2) is 7.33. The third-order valence-corrected chi connectivity index (χ3v) is 7.80. The summed E-state index contributed by atoms with van der Waals surface area (Å²) < 4.78 is 26.1. The van der Waals surface area contributed by atoms with Gasteiger partial charge in [0.15, 0.2) is 9.84 Å². The van der Waals surface area contributed by atoms with Crippen LogP contribution in [0.4, 0.5) is 0 Å². The number of piperidine rings is 1. The standard InChI is InChI=1S/C17H23N5O3S2/c1-21-8-12(7-18-21)17-20-13(9-26-17)16(23)19-14-10-27(24,25)11-15(14)22-5-3-2-4-6-22/h7-9,14-15H,2-6,10-11H2,1H3,(H,19,23). The molecule has 0 radical (unpaired) electrons. The number of carbonyl (C=O) groups is 1. The number of sulfone groups is 1. The quantitative estimate of drug-likeness (QED) is 0.807. The fourth-order valence-electron chi connectivity index (χ4n) is 3.86. The lowest BCUT2D eigenvalue weighted by Gasteiger charge is -2.34. The molecule has 0 aliphatic carbocycles. The van der Waals surface area contributed by atoms with E-state index in [1.54, 1.807) is 16.3 Å². The lowest BCUT2D eigenvalue weighted by atomic mass is 10.0. The van der Waals surface area contributed by atoms with Gasteiger partial charge in [-0.05, 0) is 25.9 Å². The van der Waals surface area contributed by atoms with Crippen molar-refractivity contribution in [1.82, 2.24) is 25.0 Å². The molecule has 8 nitrogen and oxygen atoms in total. The number of aryl methyl sites for hydroxylation is 1. The zero-order chi connectivity index (χ0) is 19.0. The molecular formula is C17H23N5O3S2. The Labute approximate surface area is 162 Å². The Balaban J connectivity index is 1.48. The highest BCUT2D eigenvalue weighted by atomic mass is 32.2. The van der Waals surface area contributed by atoms with Gasteiger partial charge >= 0.3 is 0 Å². The first-order chi connectivity index (χ1) is 12.9. The predicted molar refractivity (Wildman–Crippen MR) is 103 cm³/mol. The summed E-state index contributed by atoms with van der Waals surface area (Å²) in [4.78, 5) is 19.3. The number of hydrogen-bond donors (Lipinski definition) is 1. The summed E-state index contributed by atoms with van der Waals surface area (Å²) in [5.74, 6) is -0.194. The van der Waals surface area contributed by atoms with E-state index in [-0.39, 0.29) is 29.5 Å². The van der Waals surface area contributed by atoms with Crippen molar-refractivity contribution in [1.29, 1.82) is 0 Å². The zero-order valence-corrected chi connectivity index (χ0v) is 16.8. The minimum atomic E-state index is -3.14. The van der Waals surface area contributed by atoms with Crippen LogP contribution in [0.15, 0.2) is 17.8 Å². The molecule has 1 amide bonds. The molecule has 0 saturated carbocycles. The lowest BCUT2D eigenvalue weighted by Crippen LogP contribution is -2.52. The number of amides is 1. The molecular weight excluding hydrogens is 386 g/mol. The van der Waals surface area contributed by atoms with E-state index in [4.69, 9.17) is 0 Å². The van der Waals surface area contributed by atoms with Crippen LogP contribution in [-0.2, 0) is 16.9 Å². The molecule has 27 heavy (non-hydrogen) atoms. The van der Waals surface area contributed by atoms with Crippen molar-refractivity contribution >= 4 is 27.1 Å². The second-order valence-electron chi connectivity index (χ2n) is 7.26. The largest absolute Gasteiger partial charge is 0.345 e. The summed E-state index contributed by atoms with van der Waals surface area (Å²) in [6, 6.07) is -0.528. The average molecular weight is 410 g/mol. The fraction of sp³-hybridized carbons (Fsp3) is 0.588. The zero-order valence-electron chi connectivity index (χ0n) is 15.2. The summed E-state index contributed by atoms with van der Waals surface area (Å²) in [5.41, 5.74) is 1.18. The SMILES string of the molecule is Cn1cc(-c2nc(C(=O)NC3CS(=O)(=O)CC3N3CCCCC3)cs2)cn1. The summed E-state index contributed by atoms with van der Waals surface area (Å²) in [5, 5.41) is 9.48. The van der Waals surface area contributed by atoms with E-state index in [0.29, 0.717) is 5.69 Å². The molecule has 4 rings (SSSR count). The molecule has 2 saturated heterocycles. The summed E-state index contributed by atoms with van der Waals surface area (Å²) >= 11 is 1.38. The highest BCUT2D eigenvalue weighted by Gasteiger charge is 2.42. The maximum Gasteiger partial charge on any atom is 0.271 e. The van der Waals surface area contributed by atoms with Crippen LogP contribution >= 0.6 is 11.3 Å². The number of likely N-dealkylation sites (tertiary alicyclic amines) is 1. The van der Waals surface area contributed by atoms with Gasteiger partial charge in [0.25, 0.3) is 5.91 Å². The molecule has 146 valence electrons. The van der Waals surface area contributed by atoms with Crippen LogP contribution < -0.4 is 5.32 Å². The van der Waals surface area contributed by atoms with Crippen LogP contribution in [0.2, 0.25) is 0 Å². The molecule has 1 N–H and O–H groups in total. The van der Waals surface area contributed by atoms with Gasteiger partial charge in [0.2, 0.25) is 0 Å². The number of carbonyl (C=O) groups excluding carboxylic acids is 1. The van der Waals surface area contributed by atoms with Gasteiger partial charge < -0.3 is 5.32 Å². The topological polar surface area (TPSA) is 97.2 Å². The highest BCUT2D eigenvalue weighted by Crippen LogP contribution is 2.25. The van der Waals surface area contributed by atoms with E-state index < -0.39 is 9.84 Å². The maximum absolute atomic E-state index is 12.7. The van der Waals surface area contributed by atoms with E-state index in [1.807, 2.05) is 13.2 Å². The van der Waals surface area contributed by atoms with Gasteiger partial charge in [-0.1, -0.05) is 6.42 Å². The monoisotopic (exact) mass is 409 g/mol. The van der Waals surface area contributed by atoms with Crippen LogP contribution in [0.1, 0.15) is 29.8 Å². The number of rotatable bonds is 4. The third-order valence-electron chi connectivity index (χ3n) is 5.19. The van der Waals surface area contributed by atoms with Crippen molar-refractivity contribution in [3.05, 3.63) is 23.5 Å². The van der Waals surface area contributed by atoms with Gasteiger partial charge in [-0.2, -0.15) is 5.10 Å². The minimum absolute atomic E-state index is 0.000490. The molecule has 2 aromatic rings. The molecule has 2 aromatic heterocycles. The number of nitrogens with one attached hydrogen (secondary N) is 1. The van der Waals surface area contributed by atoms with Gasteiger partial charge in [-0.25, -0.2) is 13.4 Å². The van der Waals surface area contributed by atoms with Gasteiger partial charge in [0.1, 0.15) is 10.7 Å². The van der Waals surface area contributed by atoms with Crippen molar-refractivity contribution in [3.63, 3.8) is 0 Å². The molecule has 0 aromatic carbocycles. The Morgan fingerprint density at radius 3 is 2.74 bits per heavy atom. The number of thiazole rings is 1. The third kappa shape index (κ3) is 4.07. The highest BCUT2D eigenvalue weighted by molar-refractivity contribution is 7.91. The first-order valence-corrected chi connectivity index (χ1v) is 11.8. The Morgan fingerprint density at radius 2 is 2.04 bits per heavy atom. The van der Waals surface area contributed by atoms with Crippen molar-refractivity contribution < 1.29 is 13.2 Å². The number of hydrogen-bond acceptors (Lipinski definition) is 7. The Morgan fingerprint density at radius 1 is 1.26 bits per heavy atom. The van der Waals surface area contributed by atoms with E-state index in [2.05, 4.69) is 20.3 Å². The normalized spacial score (nSPS) is 25.5. The van der Waals surface area contributed by atoms with E-state index in [0.717, 1.165) is 36.5 Å². The fourth-order valence-corrected chi connectivity index (χ4v) is 6.59. The van der Waals surface area contributed by atoms with Crippen LogP contribution in [0.3, 0.4) is 0 Å². The Hall–Kier alpha value is -1.78. The van der Waals surface area contributed by atoms with Crippen molar-refractivity contribution in [2.24, 2.45) is 7.05 Å². The average Bonchev–Trinajstić information content (AvgIpc) is 3.34. The number of nitrogens with zero attached hydrogens (tertiary/aromatic N) is 4. The van der Waals surface area contributed by atoms with Crippen molar-refractivity contribution in [2.45, 2.75) is 31.3 Å². The Bertz CT molecular complexity index is 930. The summed E-state index contributed by atoms with van der Waals surface area (Å²) in [6.07, 6.45) is 6.89. The molecule has 2 atom stereocenters. The smallest absolute Gasteiger partial charge is 0.271 e. The second-order valence-corrected chi connectivity index (χ2v) is 10.3. The van der Waals surface area contributed by atoms with Crippen molar-refractivity contribution in [2.75, 3.05) is 24.6 Å². The predicted octanol–water partition coefficient (Wildman–Crippen LogP) is 0.925. The molecule has 2 fully saturated rings. The maximum atomic E-state index is 12.7. The van der Waals surface area contributed by atoms with Gasteiger partial charge in [0.05, 0.1) is 23.7 Å². The molecule has 0 spiro atoms. The van der Waals surface area contributed by atoms with E-state index in [1.165, 1.54) is 17.8 Å². The molecule has 2 aliphatic rings. The van der Waals surface area contributed by atoms with Crippen molar-refractivity contribution in [3.8, 4) is 10.6 Å². The molecule has 2 aliphatic heterocycles. The number of aromatic nitrogens is 3.